The highest BCUT2D eigenvalue weighted by Crippen LogP contribution is 2.30. The van der Waals surface area contributed by atoms with Crippen LogP contribution in [0.25, 0.3) is 0 Å². The SMILES string of the molecule is COc1ccc(CN(C(=O)CN(c2cc(Cl)cc(Cl)c2)S(=O)(=O)c2ccc(C)cc2)C(C)C(=O)NC(C)C)cc1. The van der Waals surface area contributed by atoms with Gasteiger partial charge in [0.25, 0.3) is 10.0 Å². The number of hydrogen-bond donors (Lipinski definition) is 1. The van der Waals surface area contributed by atoms with Crippen molar-refractivity contribution in [1.29, 1.82) is 0 Å². The third-order valence-electron chi connectivity index (χ3n) is 6.13. The lowest BCUT2D eigenvalue weighted by molar-refractivity contribution is -0.139. The number of hydrogen-bond acceptors (Lipinski definition) is 5. The van der Waals surface area contributed by atoms with Crippen molar-refractivity contribution in [3.05, 3.63) is 87.9 Å². The topological polar surface area (TPSA) is 96.0 Å². The van der Waals surface area contributed by atoms with Crippen LogP contribution in [-0.4, -0.2) is 50.9 Å². The highest BCUT2D eigenvalue weighted by atomic mass is 35.5. The number of carbonyl (C=O) groups excluding carboxylic acids is 2. The number of methoxy groups -OCH3 is 1. The molecule has 8 nitrogen and oxygen atoms in total. The summed E-state index contributed by atoms with van der Waals surface area (Å²) in [6.07, 6.45) is 0. The zero-order valence-electron chi connectivity index (χ0n) is 23.0. The maximum Gasteiger partial charge on any atom is 0.264 e. The molecule has 0 fully saturated rings. The Bertz CT molecular complexity index is 1430. The summed E-state index contributed by atoms with van der Waals surface area (Å²) < 4.78 is 33.9. The van der Waals surface area contributed by atoms with Crippen LogP contribution in [0.3, 0.4) is 0 Å². The Kier molecular flexibility index (Phi) is 10.5. The normalized spacial score (nSPS) is 12.1. The van der Waals surface area contributed by atoms with Gasteiger partial charge in [-0.15, -0.1) is 0 Å². The van der Waals surface area contributed by atoms with Crippen molar-refractivity contribution in [2.75, 3.05) is 18.0 Å². The Morgan fingerprint density at radius 1 is 0.925 bits per heavy atom. The lowest BCUT2D eigenvalue weighted by atomic mass is 10.1. The summed E-state index contributed by atoms with van der Waals surface area (Å²) in [4.78, 5) is 28.3. The molecular weight excluding hydrogens is 573 g/mol. The number of carbonyl (C=O) groups is 2. The van der Waals surface area contributed by atoms with Crippen molar-refractivity contribution < 1.29 is 22.7 Å². The van der Waals surface area contributed by atoms with Crippen molar-refractivity contribution in [3.63, 3.8) is 0 Å². The van der Waals surface area contributed by atoms with Gasteiger partial charge in [-0.25, -0.2) is 8.42 Å². The summed E-state index contributed by atoms with van der Waals surface area (Å²) in [6, 6.07) is 16.6. The first-order valence-electron chi connectivity index (χ1n) is 12.6. The molecule has 0 aliphatic heterocycles. The number of benzene rings is 3. The van der Waals surface area contributed by atoms with Gasteiger partial charge in [0.2, 0.25) is 11.8 Å². The van der Waals surface area contributed by atoms with Crippen LogP contribution < -0.4 is 14.4 Å². The van der Waals surface area contributed by atoms with Crippen LogP contribution in [0.2, 0.25) is 10.0 Å². The molecule has 0 aliphatic rings. The predicted octanol–water partition coefficient (Wildman–Crippen LogP) is 5.45. The molecule has 0 spiro atoms. The molecular formula is C29H33Cl2N3O5S. The van der Waals surface area contributed by atoms with Gasteiger partial charge >= 0.3 is 0 Å². The molecule has 1 N–H and O–H groups in total. The van der Waals surface area contributed by atoms with Crippen molar-refractivity contribution in [2.45, 2.75) is 51.2 Å². The van der Waals surface area contributed by atoms with E-state index in [2.05, 4.69) is 5.32 Å². The molecule has 40 heavy (non-hydrogen) atoms. The summed E-state index contributed by atoms with van der Waals surface area (Å²) in [5.41, 5.74) is 1.73. The number of amides is 2. The van der Waals surface area contributed by atoms with E-state index in [0.29, 0.717) is 5.75 Å². The van der Waals surface area contributed by atoms with Crippen LogP contribution in [0.15, 0.2) is 71.6 Å². The summed E-state index contributed by atoms with van der Waals surface area (Å²) in [5.74, 6) is -0.315. The summed E-state index contributed by atoms with van der Waals surface area (Å²) in [5, 5.41) is 3.24. The van der Waals surface area contributed by atoms with E-state index in [9.17, 15) is 18.0 Å². The predicted molar refractivity (Wildman–Crippen MR) is 158 cm³/mol. The average Bonchev–Trinajstić information content (AvgIpc) is 2.89. The molecule has 1 atom stereocenters. The molecule has 3 rings (SSSR count). The highest BCUT2D eigenvalue weighted by molar-refractivity contribution is 7.92. The first-order chi connectivity index (χ1) is 18.8. The fourth-order valence-electron chi connectivity index (χ4n) is 3.96. The largest absolute Gasteiger partial charge is 0.497 e. The summed E-state index contributed by atoms with van der Waals surface area (Å²) >= 11 is 12.4. The van der Waals surface area contributed by atoms with E-state index >= 15 is 0 Å². The number of ether oxygens (including phenoxy) is 1. The quantitative estimate of drug-likeness (QED) is 0.313. The minimum Gasteiger partial charge on any atom is -0.497 e. The van der Waals surface area contributed by atoms with E-state index in [1.807, 2.05) is 20.8 Å². The maximum absolute atomic E-state index is 13.9. The molecule has 0 aromatic heterocycles. The Labute approximate surface area is 245 Å². The van der Waals surface area contributed by atoms with E-state index < -0.39 is 28.5 Å². The Morgan fingerprint density at radius 2 is 1.50 bits per heavy atom. The second-order valence-corrected chi connectivity index (χ2v) is 12.4. The summed E-state index contributed by atoms with van der Waals surface area (Å²) in [7, 11) is -2.68. The second-order valence-electron chi connectivity index (χ2n) is 9.66. The van der Waals surface area contributed by atoms with E-state index in [4.69, 9.17) is 27.9 Å². The molecule has 3 aromatic carbocycles. The van der Waals surface area contributed by atoms with Gasteiger partial charge < -0.3 is 15.0 Å². The number of anilines is 1. The van der Waals surface area contributed by atoms with Gasteiger partial charge in [-0.3, -0.25) is 13.9 Å². The molecule has 0 saturated heterocycles. The Balaban J connectivity index is 2.05. The van der Waals surface area contributed by atoms with Crippen molar-refractivity contribution in [2.24, 2.45) is 0 Å². The number of nitrogens with zero attached hydrogens (tertiary/aromatic N) is 2. The molecule has 214 valence electrons. The first kappa shape index (κ1) is 31.3. The van der Waals surface area contributed by atoms with Gasteiger partial charge in [-0.2, -0.15) is 0 Å². The number of halogens is 2. The van der Waals surface area contributed by atoms with Gasteiger partial charge in [0.05, 0.1) is 17.7 Å². The molecule has 1 unspecified atom stereocenters. The minimum absolute atomic E-state index is 0.00528. The minimum atomic E-state index is -4.23. The van der Waals surface area contributed by atoms with Crippen LogP contribution in [0.1, 0.15) is 31.9 Å². The van der Waals surface area contributed by atoms with Gasteiger partial charge in [-0.05, 0) is 75.7 Å². The van der Waals surface area contributed by atoms with Crippen LogP contribution in [0, 0.1) is 6.92 Å². The van der Waals surface area contributed by atoms with Crippen molar-refractivity contribution >= 4 is 50.7 Å². The number of rotatable bonds is 11. The van der Waals surface area contributed by atoms with Crippen molar-refractivity contribution in [3.8, 4) is 5.75 Å². The van der Waals surface area contributed by atoms with E-state index in [0.717, 1.165) is 15.4 Å². The summed E-state index contributed by atoms with van der Waals surface area (Å²) in [6.45, 7) is 6.55. The fraction of sp³-hybridized carbons (Fsp3) is 0.310. The van der Waals surface area contributed by atoms with E-state index in [1.165, 1.54) is 35.2 Å². The Hall–Kier alpha value is -3.27. The maximum atomic E-state index is 13.9. The fourth-order valence-corrected chi connectivity index (χ4v) is 5.88. The number of nitrogens with one attached hydrogen (secondary N) is 1. The number of sulfonamides is 1. The average molecular weight is 607 g/mol. The molecule has 0 bridgehead atoms. The number of aryl methyl sites for hydroxylation is 1. The molecule has 0 radical (unpaired) electrons. The van der Waals surface area contributed by atoms with Gasteiger partial charge in [-0.1, -0.05) is 53.0 Å². The smallest absolute Gasteiger partial charge is 0.264 e. The molecule has 0 saturated carbocycles. The molecule has 0 heterocycles. The first-order valence-corrected chi connectivity index (χ1v) is 14.8. The van der Waals surface area contributed by atoms with Gasteiger partial charge in [0.1, 0.15) is 18.3 Å². The highest BCUT2D eigenvalue weighted by Gasteiger charge is 2.33. The molecule has 3 aromatic rings. The van der Waals surface area contributed by atoms with Gasteiger partial charge in [0, 0.05) is 22.6 Å². The van der Waals surface area contributed by atoms with Crippen LogP contribution in [-0.2, 0) is 26.2 Å². The third-order valence-corrected chi connectivity index (χ3v) is 8.36. The molecule has 2 amide bonds. The Morgan fingerprint density at radius 3 is 2.02 bits per heavy atom. The zero-order chi connectivity index (χ0) is 29.6. The molecule has 0 aliphatic carbocycles. The van der Waals surface area contributed by atoms with Gasteiger partial charge in [0.15, 0.2) is 0 Å². The molecule has 11 heteroatoms. The van der Waals surface area contributed by atoms with Crippen LogP contribution >= 0.6 is 23.2 Å². The van der Waals surface area contributed by atoms with Crippen LogP contribution in [0.5, 0.6) is 5.75 Å². The second kappa shape index (κ2) is 13.4. The van der Waals surface area contributed by atoms with Crippen molar-refractivity contribution in [1.82, 2.24) is 10.2 Å². The zero-order valence-corrected chi connectivity index (χ0v) is 25.3. The standard InChI is InChI=1S/C29H33Cl2N3O5S/c1-19(2)32-29(36)21(4)33(17-22-8-10-26(39-5)11-9-22)28(35)18-34(25-15-23(30)14-24(31)16-25)40(37,38)27-12-6-20(3)7-13-27/h6-16,19,21H,17-18H2,1-5H3,(H,32,36). The lowest BCUT2D eigenvalue weighted by Gasteiger charge is -2.32. The third kappa shape index (κ3) is 7.90. The van der Waals surface area contributed by atoms with E-state index in [1.54, 1.807) is 50.4 Å². The van der Waals surface area contributed by atoms with Crippen LogP contribution in [0.4, 0.5) is 5.69 Å². The monoisotopic (exact) mass is 605 g/mol. The lowest BCUT2D eigenvalue weighted by Crippen LogP contribution is -2.52. The van der Waals surface area contributed by atoms with E-state index in [-0.39, 0.29) is 39.1 Å².